The Hall–Kier alpha value is -8.58. The van der Waals surface area contributed by atoms with E-state index in [-0.39, 0.29) is 0 Å². The van der Waals surface area contributed by atoms with E-state index in [1.54, 1.807) is 0 Å². The fourth-order valence-corrected chi connectivity index (χ4v) is 12.3. The zero-order chi connectivity index (χ0) is 54.3. The molecule has 0 radical (unpaired) electrons. The van der Waals surface area contributed by atoms with Crippen molar-refractivity contribution in [2.24, 2.45) is 11.8 Å². The normalized spacial score (nSPS) is 18.6. The van der Waals surface area contributed by atoms with Crippen LogP contribution in [0.15, 0.2) is 284 Å². The molecule has 388 valence electrons. The molecule has 4 atom stereocenters. The van der Waals surface area contributed by atoms with Crippen molar-refractivity contribution in [2.45, 2.75) is 72.1 Å². The number of benzene rings is 9. The molecule has 0 bridgehead atoms. The highest BCUT2D eigenvalue weighted by Gasteiger charge is 2.48. The maximum absolute atomic E-state index is 2.48. The van der Waals surface area contributed by atoms with Crippen molar-refractivity contribution in [3.63, 3.8) is 0 Å². The molecule has 0 saturated heterocycles. The summed E-state index contributed by atoms with van der Waals surface area (Å²) in [5, 5.41) is 0. The molecule has 0 spiro atoms. The first-order valence-electron chi connectivity index (χ1n) is 28.6. The number of rotatable bonds is 8. The monoisotopic (exact) mass is 1020 g/mol. The van der Waals surface area contributed by atoms with Crippen LogP contribution in [-0.2, 0) is 5.41 Å². The van der Waals surface area contributed by atoms with E-state index in [0.29, 0.717) is 17.8 Å². The Labute approximate surface area is 471 Å². The van der Waals surface area contributed by atoms with Gasteiger partial charge in [0.2, 0.25) is 0 Å². The lowest BCUT2D eigenvalue weighted by atomic mass is 9.65. The first kappa shape index (κ1) is 52.5. The molecular weight excluding hydrogens is 949 g/mol. The SMILES string of the molecule is Cc1ccc(-c2ccc3c(c2)C(c2ccccc2)(c2ccccc2-c2ccccc2)c2cccc(-c4ccccc4)c2-3)cc1C.Cc1ccc(C2=CCC(C)C=C2)cc1.Cc1ccccc1C1C=C(C2=CCCC=C2)C=CC1C. The van der Waals surface area contributed by atoms with Crippen molar-refractivity contribution in [3.05, 3.63) is 340 Å². The van der Waals surface area contributed by atoms with Crippen LogP contribution in [0.2, 0.25) is 0 Å². The molecule has 13 rings (SSSR count). The summed E-state index contributed by atoms with van der Waals surface area (Å²) in [6.07, 6.45) is 24.4. The second-order valence-electron chi connectivity index (χ2n) is 22.1. The van der Waals surface area contributed by atoms with Crippen LogP contribution in [0.3, 0.4) is 0 Å². The zero-order valence-corrected chi connectivity index (χ0v) is 46.8. The van der Waals surface area contributed by atoms with E-state index >= 15 is 0 Å². The standard InChI is InChI=1S/C45H34.C20H22.C14H16/c1-31-25-26-35(29-32(31)2)36-27-28-40-43(30-36)45(37-19-10-5-11-20-37,41-23-13-12-21-38(41)33-15-6-3-7-16-33)42-24-14-22-39(44(40)42)34-17-8-4-9-18-34;1-15-8-6-7-11-19(15)20-14-18(13-12-16(20)2)17-9-4-3-5-10-17;1-11-3-7-13(8-4-11)14-9-5-12(2)6-10-14/h3-30H,1-2H3;4,6-14,16,20H,3,5H2,1-2H3;3-5,7-10,12H,6H2,1-2H3. The van der Waals surface area contributed by atoms with Gasteiger partial charge in [0.05, 0.1) is 5.41 Å². The Morgan fingerprint density at radius 1 is 0.392 bits per heavy atom. The van der Waals surface area contributed by atoms with Crippen LogP contribution in [-0.4, -0.2) is 0 Å². The van der Waals surface area contributed by atoms with Crippen LogP contribution in [0.25, 0.3) is 50.1 Å². The summed E-state index contributed by atoms with van der Waals surface area (Å²) < 4.78 is 0. The molecule has 0 aliphatic heterocycles. The van der Waals surface area contributed by atoms with Gasteiger partial charge >= 0.3 is 0 Å². The topological polar surface area (TPSA) is 0 Å². The van der Waals surface area contributed by atoms with E-state index in [1.807, 2.05) is 0 Å². The van der Waals surface area contributed by atoms with Gasteiger partial charge in [-0.3, -0.25) is 0 Å². The Kier molecular flexibility index (Phi) is 15.7. The molecule has 0 aromatic heterocycles. The van der Waals surface area contributed by atoms with E-state index < -0.39 is 5.41 Å². The third kappa shape index (κ3) is 10.9. The molecule has 0 heterocycles. The van der Waals surface area contributed by atoms with Crippen molar-refractivity contribution in [3.8, 4) is 44.5 Å². The summed E-state index contributed by atoms with van der Waals surface area (Å²) in [6, 6.07) is 80.3. The summed E-state index contributed by atoms with van der Waals surface area (Å²) in [4.78, 5) is 0. The van der Waals surface area contributed by atoms with E-state index in [9.17, 15) is 0 Å². The van der Waals surface area contributed by atoms with Crippen LogP contribution < -0.4 is 0 Å². The first-order chi connectivity index (χ1) is 38.7. The van der Waals surface area contributed by atoms with Crippen LogP contribution >= 0.6 is 0 Å². The molecule has 4 unspecified atom stereocenters. The van der Waals surface area contributed by atoms with Crippen molar-refractivity contribution in [1.82, 2.24) is 0 Å². The van der Waals surface area contributed by atoms with Gasteiger partial charge in [0.1, 0.15) is 0 Å². The molecule has 0 fully saturated rings. The predicted octanol–water partition coefficient (Wildman–Crippen LogP) is 21.1. The minimum atomic E-state index is -0.529. The summed E-state index contributed by atoms with van der Waals surface area (Å²) >= 11 is 0. The Bertz CT molecular complexity index is 3800. The van der Waals surface area contributed by atoms with Gasteiger partial charge in [-0.1, -0.05) is 286 Å². The number of fused-ring (bicyclic) bond motifs is 3. The molecule has 9 aromatic carbocycles. The van der Waals surface area contributed by atoms with Crippen LogP contribution in [0, 0.1) is 39.5 Å². The fraction of sp³-hybridized carbons (Fsp3) is 0.165. The largest absolute Gasteiger partial charge is 0.0836 e. The second-order valence-corrected chi connectivity index (χ2v) is 22.1. The van der Waals surface area contributed by atoms with E-state index in [2.05, 4.69) is 315 Å². The van der Waals surface area contributed by atoms with Gasteiger partial charge < -0.3 is 0 Å². The molecule has 79 heavy (non-hydrogen) atoms. The molecule has 4 aliphatic carbocycles. The van der Waals surface area contributed by atoms with Gasteiger partial charge in [-0.15, -0.1) is 0 Å². The lowest BCUT2D eigenvalue weighted by molar-refractivity contribution is 0.628. The van der Waals surface area contributed by atoms with Gasteiger partial charge in [0, 0.05) is 5.92 Å². The third-order valence-electron chi connectivity index (χ3n) is 16.8. The number of aryl methyl sites for hydroxylation is 4. The van der Waals surface area contributed by atoms with Gasteiger partial charge in [0.25, 0.3) is 0 Å². The Morgan fingerprint density at radius 3 is 1.71 bits per heavy atom. The zero-order valence-electron chi connectivity index (χ0n) is 46.8. The first-order valence-corrected chi connectivity index (χ1v) is 28.6. The molecule has 0 N–H and O–H groups in total. The van der Waals surface area contributed by atoms with Crippen LogP contribution in [0.5, 0.6) is 0 Å². The molecule has 0 amide bonds. The minimum Gasteiger partial charge on any atom is -0.0836 e. The summed E-state index contributed by atoms with van der Waals surface area (Å²) in [5.74, 6) is 1.75. The highest BCUT2D eigenvalue weighted by Crippen LogP contribution is 2.60. The number of hydrogen-bond donors (Lipinski definition) is 0. The van der Waals surface area contributed by atoms with Crippen LogP contribution in [0.1, 0.15) is 94.7 Å². The average Bonchev–Trinajstić information content (AvgIpc) is 3.79. The fourth-order valence-electron chi connectivity index (χ4n) is 12.3. The second kappa shape index (κ2) is 23.6. The minimum absolute atomic E-state index is 0.493. The highest BCUT2D eigenvalue weighted by molar-refractivity contribution is 5.97. The third-order valence-corrected chi connectivity index (χ3v) is 16.8. The Balaban J connectivity index is 0.000000158. The van der Waals surface area contributed by atoms with Crippen LogP contribution in [0.4, 0.5) is 0 Å². The van der Waals surface area contributed by atoms with E-state index in [0.717, 1.165) is 0 Å². The number of hydrogen-bond acceptors (Lipinski definition) is 0. The average molecular weight is 1020 g/mol. The molecule has 9 aromatic rings. The van der Waals surface area contributed by atoms with Gasteiger partial charge in [-0.2, -0.15) is 0 Å². The van der Waals surface area contributed by atoms with Gasteiger partial charge in [-0.25, -0.2) is 0 Å². The smallest absolute Gasteiger partial charge is 0.0719 e. The van der Waals surface area contributed by atoms with Crippen molar-refractivity contribution >= 4 is 5.57 Å². The lowest BCUT2D eigenvalue weighted by Crippen LogP contribution is -2.29. The highest BCUT2D eigenvalue weighted by atomic mass is 14.5. The van der Waals surface area contributed by atoms with Crippen molar-refractivity contribution < 1.29 is 0 Å². The van der Waals surface area contributed by atoms with E-state index in [4.69, 9.17) is 0 Å². The Morgan fingerprint density at radius 2 is 1.01 bits per heavy atom. The van der Waals surface area contributed by atoms with Gasteiger partial charge in [0.15, 0.2) is 0 Å². The summed E-state index contributed by atoms with van der Waals surface area (Å²) in [5.41, 5.74) is 27.0. The van der Waals surface area contributed by atoms with Crippen molar-refractivity contribution in [1.29, 1.82) is 0 Å². The molecule has 0 saturated carbocycles. The molecule has 0 heteroatoms. The van der Waals surface area contributed by atoms with Gasteiger partial charge in [-0.05, 0) is 176 Å². The maximum atomic E-state index is 2.48. The van der Waals surface area contributed by atoms with Crippen molar-refractivity contribution in [2.75, 3.05) is 0 Å². The molecule has 0 nitrogen and oxygen atoms in total. The lowest BCUT2D eigenvalue weighted by Gasteiger charge is -2.36. The van der Waals surface area contributed by atoms with E-state index in [1.165, 1.54) is 136 Å². The predicted molar refractivity (Wildman–Crippen MR) is 338 cm³/mol. The number of allylic oxidation sites excluding steroid dienone is 12. The molecular formula is C79H72. The summed E-state index contributed by atoms with van der Waals surface area (Å²) in [6.45, 7) is 13.3. The molecule has 4 aliphatic rings. The maximum Gasteiger partial charge on any atom is 0.0719 e. The summed E-state index contributed by atoms with van der Waals surface area (Å²) in [7, 11) is 0. The quantitative estimate of drug-likeness (QED) is 0.142.